The number of phenolic OH excluding ortho intramolecular Hbond substituents is 2. The van der Waals surface area contributed by atoms with E-state index in [1.807, 2.05) is 88.5 Å². The van der Waals surface area contributed by atoms with Crippen LogP contribution in [0.1, 0.15) is 220 Å². The van der Waals surface area contributed by atoms with Crippen molar-refractivity contribution in [3.05, 3.63) is 178 Å². The van der Waals surface area contributed by atoms with Gasteiger partial charge in [0.05, 0.1) is 81.5 Å². The van der Waals surface area contributed by atoms with Crippen LogP contribution in [-0.2, 0) is 70.1 Å². The number of carbonyl (C=O) groups is 10. The maximum atomic E-state index is 14.4. The van der Waals surface area contributed by atoms with Gasteiger partial charge in [0, 0.05) is 68.0 Å². The lowest BCUT2D eigenvalue weighted by Gasteiger charge is -2.29. The van der Waals surface area contributed by atoms with Crippen LogP contribution in [0.25, 0.3) is 0 Å². The molecule has 0 bridgehead atoms. The Morgan fingerprint density at radius 3 is 1.00 bits per heavy atom. The van der Waals surface area contributed by atoms with Crippen molar-refractivity contribution in [2.24, 2.45) is 11.7 Å². The maximum absolute atomic E-state index is 14.4. The van der Waals surface area contributed by atoms with Crippen LogP contribution < -0.4 is 74.7 Å². The number of Topliss-reactive ketones (excluding diaryl/α,β-unsaturated/α-hetero) is 2. The van der Waals surface area contributed by atoms with Gasteiger partial charge in [0.2, 0.25) is 23.6 Å². The Bertz CT molecular complexity index is 5560. The number of alkyl carbamates (subject to hydrolysis) is 2. The molecule has 6 unspecified atom stereocenters. The van der Waals surface area contributed by atoms with Gasteiger partial charge in [0.1, 0.15) is 116 Å². The van der Waals surface area contributed by atoms with Crippen molar-refractivity contribution in [1.29, 1.82) is 0 Å². The van der Waals surface area contributed by atoms with Crippen LogP contribution in [0.5, 0.6) is 69.0 Å². The highest BCUT2D eigenvalue weighted by Gasteiger charge is 2.37. The Labute approximate surface area is 930 Å². The topological polar surface area (TPSA) is 403 Å². The third kappa shape index (κ3) is 41.8. The van der Waals surface area contributed by atoms with Gasteiger partial charge in [-0.05, 0) is 408 Å². The predicted octanol–water partition coefficient (Wildman–Crippen LogP) is 24.2. The zero-order valence-electron chi connectivity index (χ0n) is 83.0. The summed E-state index contributed by atoms with van der Waals surface area (Å²) in [4.78, 5) is 140. The lowest BCUT2D eigenvalue weighted by atomic mass is 9.95. The predicted molar refractivity (Wildman–Crippen MR) is 611 cm³/mol. The van der Waals surface area contributed by atoms with Crippen LogP contribution in [0, 0.1) is 27.3 Å². The van der Waals surface area contributed by atoms with E-state index in [1.165, 1.54) is 12.0 Å². The number of phenols is 2. The van der Waals surface area contributed by atoms with E-state index in [9.17, 15) is 58.2 Å². The first-order valence-electron chi connectivity index (χ1n) is 45.9. The molecule has 144 heavy (non-hydrogen) atoms. The molecule has 8 aromatic carbocycles. The van der Waals surface area contributed by atoms with Gasteiger partial charge < -0.3 is 94.1 Å². The Kier molecular flexibility index (Phi) is 53.2. The summed E-state index contributed by atoms with van der Waals surface area (Å²) in [7, 11) is 9.31. The molecule has 6 amide bonds. The molecule has 8 rings (SSSR count). The Morgan fingerprint density at radius 1 is 0.354 bits per heavy atom. The number of benzene rings is 8. The molecule has 31 nitrogen and oxygen atoms in total. The fraction of sp³-hybridized carbons (Fsp3) is 0.458. The van der Waals surface area contributed by atoms with Crippen molar-refractivity contribution in [2.75, 3.05) is 52.5 Å². The number of methoxy groups -OCH3 is 6. The minimum absolute atomic E-state index is 0. The molecule has 0 aliphatic rings. The number of rotatable bonds is 47. The molecule has 790 valence electrons. The molecule has 0 saturated carbocycles. The summed E-state index contributed by atoms with van der Waals surface area (Å²) in [5, 5.41) is 30.8. The monoisotopic (exact) mass is 2670 g/mol. The summed E-state index contributed by atoms with van der Waals surface area (Å²) in [5.41, 5.74) is 6.66. The molecular weight excluding hydrogens is 2530 g/mol. The lowest BCUT2D eigenvalue weighted by Crippen LogP contribution is -2.54. The molecular formula is C107H141I6N7O24. The maximum Gasteiger partial charge on any atom is 0.408 e. The van der Waals surface area contributed by atoms with Crippen LogP contribution in [0.4, 0.5) is 32.3 Å². The van der Waals surface area contributed by atoms with Crippen LogP contribution in [0.2, 0.25) is 0 Å². The summed E-state index contributed by atoms with van der Waals surface area (Å²) >= 11 is 12.6. The number of esters is 2. The second-order valence-electron chi connectivity index (χ2n) is 37.1. The van der Waals surface area contributed by atoms with E-state index in [2.05, 4.69) is 112 Å². The zero-order valence-corrected chi connectivity index (χ0v) is 95.9. The number of hydrogen-bond donors (Lipinski definition) is 7. The quantitative estimate of drug-likeness (QED) is 0.00806. The van der Waals surface area contributed by atoms with Crippen LogP contribution in [-0.4, -0.2) is 165 Å². The van der Waals surface area contributed by atoms with Gasteiger partial charge in [0.25, 0.3) is 0 Å². The van der Waals surface area contributed by atoms with Crippen molar-refractivity contribution in [3.63, 3.8) is 0 Å². The number of halogens is 6. The molecule has 0 saturated heterocycles. The van der Waals surface area contributed by atoms with E-state index in [0.29, 0.717) is 156 Å². The highest BCUT2D eigenvalue weighted by Crippen LogP contribution is 2.43. The van der Waals surface area contributed by atoms with E-state index in [0.717, 1.165) is 14.3 Å². The molecule has 0 aliphatic heterocycles. The first-order valence-corrected chi connectivity index (χ1v) is 52.4. The van der Waals surface area contributed by atoms with Crippen molar-refractivity contribution in [1.82, 2.24) is 21.3 Å². The van der Waals surface area contributed by atoms with E-state index >= 15 is 0 Å². The fourth-order valence-corrected chi connectivity index (χ4v) is 19.5. The highest BCUT2D eigenvalue weighted by atomic mass is 127. The minimum Gasteiger partial charge on any atom is -0.507 e. The lowest BCUT2D eigenvalue weighted by molar-refractivity contribution is -0.159. The molecule has 0 aliphatic carbocycles. The second-order valence-corrected chi connectivity index (χ2v) is 44.1. The van der Waals surface area contributed by atoms with Crippen molar-refractivity contribution in [2.45, 2.75) is 274 Å². The average Bonchev–Trinajstić information content (AvgIpc) is 0.796. The normalized spacial score (nSPS) is 12.4. The highest BCUT2D eigenvalue weighted by molar-refractivity contribution is 14.1. The van der Waals surface area contributed by atoms with Crippen LogP contribution in [0.3, 0.4) is 0 Å². The molecule has 0 fully saturated rings. The summed E-state index contributed by atoms with van der Waals surface area (Å²) in [6, 6.07) is 36.2. The number of unbranched alkanes of at least 4 members (excludes halogenated alkanes) is 4. The smallest absolute Gasteiger partial charge is 0.408 e. The molecule has 0 aromatic heterocycles. The van der Waals surface area contributed by atoms with E-state index in [4.69, 9.17) is 62.6 Å². The first-order chi connectivity index (χ1) is 66.4. The third-order valence-corrected chi connectivity index (χ3v) is 26.2. The first kappa shape index (κ1) is 127. The summed E-state index contributed by atoms with van der Waals surface area (Å²) in [6.07, 6.45) is 3.85. The van der Waals surface area contributed by atoms with Crippen LogP contribution >= 0.6 is 136 Å². The zero-order chi connectivity index (χ0) is 105. The van der Waals surface area contributed by atoms with Gasteiger partial charge in [-0.3, -0.25) is 38.6 Å². The largest absolute Gasteiger partial charge is 0.507 e. The summed E-state index contributed by atoms with van der Waals surface area (Å²) < 4.78 is 71.7. The number of nitrogens with zero attached hydrogens (tertiary/aromatic N) is 2. The number of ether oxygens (including phenoxy) is 12. The Hall–Kier alpha value is -9.20. The second kappa shape index (κ2) is 60.3. The SMILES string of the molecule is C.C.C.CCC(CCCCCC(=O)CCC(NC(=O)C(Cc1cc(I)c(Oc2ccc(O)c(I)c2)c(I)c1)NC(=O)OC(C)(C)C)C(=O)OC(C)(C)C)C(=O)N(c1ccc(OC)cc1)c1ccc(OC)cc1OC.COc1ccc(N(C(=O)C(N)CCCCCC(=O)CCC(NC(=O)C(Cc2cc(I)c(Oc3ccc(O)c(I)c3)c(I)c2)NC(=O)OC(C)(C)C)C(=O)OC(C)(C)C)c2ccc(OC)cc2OC)cc1. The molecule has 8 N–H and O–H groups in total. The number of carbonyl (C=O) groups excluding carboxylic acids is 10. The van der Waals surface area contributed by atoms with Crippen molar-refractivity contribution >= 4 is 218 Å². The molecule has 37 heteroatoms. The van der Waals surface area contributed by atoms with Gasteiger partial charge in [-0.15, -0.1) is 0 Å². The standard InChI is InChI=1S/C53H66I3N3O12.C51H63I3N4O12.3CH4/c1-11-33(49(63)59(34-17-20-36(66-8)21-18-34)44-25-22-37(67-9)31-46(44)68-10)15-13-12-14-16-35(60)19-24-42(50(64)70-52(2,3)4)57-48(62)43(58-51(65)71-53(5,6)7)29-32-27-40(55)47(41(56)28-32)69-38-23-26-45(61)39(54)30-38;1-50(2,3)69-48(63)40(56-46(61)41(57-49(64)70-51(4,5)6)27-30-25-37(53)45(38(54)26-30)68-35-21-24-43(60)36(52)28-35)22-17-32(59)13-11-10-12-14-39(55)47(62)58(31-15-18-33(65-7)19-16-31)42-23-20-34(66-8)29-44(42)67-9;;;/h17-18,20-23,25-28,30-31,33,42-43,61H,11-16,19,24,29H2,1-10H3,(H,57,62)(H,58,65);15-16,18-21,23-26,28-29,39-41,60H,10-14,17,22,27,55H2,1-9H3,(H,56,61)(H,57,64);3*1H4. The Balaban J connectivity index is 0.000000588. The minimum atomic E-state index is -1.22. The van der Waals surface area contributed by atoms with E-state index in [-0.39, 0.29) is 114 Å². The molecule has 6 atom stereocenters. The summed E-state index contributed by atoms with van der Waals surface area (Å²) in [6.45, 7) is 22.4. The number of amides is 6. The van der Waals surface area contributed by atoms with Gasteiger partial charge in [0.15, 0.2) is 11.5 Å². The molecule has 8 aromatic rings. The number of ketones is 2. The number of nitrogens with two attached hydrogens (primary N) is 1. The molecule has 0 radical (unpaired) electrons. The van der Waals surface area contributed by atoms with Gasteiger partial charge >= 0.3 is 24.1 Å². The number of hydrogen-bond acceptors (Lipinski definition) is 25. The summed E-state index contributed by atoms with van der Waals surface area (Å²) in [5.74, 6) is 2.03. The number of aromatic hydroxyl groups is 2. The van der Waals surface area contributed by atoms with Gasteiger partial charge in [-0.2, -0.15) is 0 Å². The van der Waals surface area contributed by atoms with Gasteiger partial charge in [-0.25, -0.2) is 19.2 Å². The molecule has 0 spiro atoms. The molecule has 0 heterocycles. The third-order valence-electron chi connectivity index (χ3n) is 21.2. The number of nitrogens with one attached hydrogen (secondary N) is 4. The fourth-order valence-electron chi connectivity index (χ4n) is 14.3. The Morgan fingerprint density at radius 2 is 0.681 bits per heavy atom. The number of anilines is 4. The van der Waals surface area contributed by atoms with Gasteiger partial charge in [-0.1, -0.05) is 54.9 Å². The van der Waals surface area contributed by atoms with Crippen LogP contribution in [0.15, 0.2) is 146 Å². The average molecular weight is 2670 g/mol. The van der Waals surface area contributed by atoms with Crippen molar-refractivity contribution in [3.8, 4) is 69.0 Å². The van der Waals surface area contributed by atoms with E-state index < -0.39 is 88.6 Å². The van der Waals surface area contributed by atoms with Crippen molar-refractivity contribution < 1.29 is 115 Å². The van der Waals surface area contributed by atoms with E-state index in [1.54, 1.807) is 233 Å².